The lowest BCUT2D eigenvalue weighted by molar-refractivity contribution is 0.486. The molecule has 148 valence electrons. The molecule has 0 aromatic heterocycles. The number of rotatable bonds is 5. The molecule has 2 rings (SSSR count). The zero-order valence-corrected chi connectivity index (χ0v) is 19.4. The highest BCUT2D eigenvalue weighted by Gasteiger charge is 2.29. The predicted molar refractivity (Wildman–Crippen MR) is 120 cm³/mol. The third-order valence-electron chi connectivity index (χ3n) is 4.65. The molecule has 7 heteroatoms. The van der Waals surface area contributed by atoms with E-state index in [0.717, 1.165) is 32.0 Å². The lowest BCUT2D eigenvalue weighted by Gasteiger charge is -2.22. The van der Waals surface area contributed by atoms with E-state index in [-0.39, 0.29) is 29.7 Å². The van der Waals surface area contributed by atoms with Crippen LogP contribution in [0.15, 0.2) is 35.3 Å². The molecule has 1 aromatic rings. The van der Waals surface area contributed by atoms with Crippen LogP contribution in [0.25, 0.3) is 0 Å². The Morgan fingerprint density at radius 3 is 2.50 bits per heavy atom. The molecule has 1 aliphatic heterocycles. The molecule has 1 N–H and O–H groups in total. The van der Waals surface area contributed by atoms with E-state index in [4.69, 9.17) is 0 Å². The Kier molecular flexibility index (Phi) is 8.85. The van der Waals surface area contributed by atoms with E-state index < -0.39 is 14.6 Å². The molecule has 0 bridgehead atoms. The van der Waals surface area contributed by atoms with Crippen molar-refractivity contribution in [1.29, 1.82) is 0 Å². The van der Waals surface area contributed by atoms with Crippen molar-refractivity contribution in [2.75, 3.05) is 31.9 Å². The van der Waals surface area contributed by atoms with Crippen molar-refractivity contribution < 1.29 is 8.42 Å². The SMILES string of the molecule is CCNC(=NCCS(=O)(=O)C(C)(C)C)N1CCC(c2ccccc2)C1.I. The van der Waals surface area contributed by atoms with Gasteiger partial charge in [-0.25, -0.2) is 8.42 Å². The van der Waals surface area contributed by atoms with Crippen LogP contribution in [0.4, 0.5) is 0 Å². The van der Waals surface area contributed by atoms with Crippen LogP contribution in [-0.4, -0.2) is 56.0 Å². The second-order valence-corrected chi connectivity index (χ2v) is 10.4. The van der Waals surface area contributed by atoms with Gasteiger partial charge in [-0.15, -0.1) is 24.0 Å². The van der Waals surface area contributed by atoms with Gasteiger partial charge in [0.15, 0.2) is 15.8 Å². The number of likely N-dealkylation sites (tertiary alicyclic amines) is 1. The molecule has 1 saturated heterocycles. The quantitative estimate of drug-likeness (QED) is 0.389. The summed E-state index contributed by atoms with van der Waals surface area (Å²) >= 11 is 0. The Labute approximate surface area is 175 Å². The molecule has 1 aromatic carbocycles. The normalized spacial score (nSPS) is 18.5. The Bertz CT molecular complexity index is 684. The number of hydrogen-bond acceptors (Lipinski definition) is 3. The molecule has 1 heterocycles. The van der Waals surface area contributed by atoms with Gasteiger partial charge >= 0.3 is 0 Å². The van der Waals surface area contributed by atoms with E-state index in [1.807, 2.05) is 13.0 Å². The van der Waals surface area contributed by atoms with E-state index in [0.29, 0.717) is 12.5 Å². The molecule has 0 spiro atoms. The largest absolute Gasteiger partial charge is 0.357 e. The third kappa shape index (κ3) is 6.11. The first-order valence-electron chi connectivity index (χ1n) is 9.05. The minimum absolute atomic E-state index is 0. The number of nitrogens with zero attached hydrogens (tertiary/aromatic N) is 2. The van der Waals surface area contributed by atoms with Crippen LogP contribution >= 0.6 is 24.0 Å². The van der Waals surface area contributed by atoms with Gasteiger partial charge in [-0.1, -0.05) is 30.3 Å². The second kappa shape index (κ2) is 9.92. The molecule has 5 nitrogen and oxygen atoms in total. The molecule has 1 aliphatic rings. The Balaban J connectivity index is 0.00000338. The first-order chi connectivity index (χ1) is 11.7. The summed E-state index contributed by atoms with van der Waals surface area (Å²) in [6.07, 6.45) is 1.09. The monoisotopic (exact) mass is 493 g/mol. The number of nitrogens with one attached hydrogen (secondary N) is 1. The summed E-state index contributed by atoms with van der Waals surface area (Å²) in [5.74, 6) is 1.41. The number of guanidine groups is 1. The van der Waals surface area contributed by atoms with Crippen molar-refractivity contribution in [3.63, 3.8) is 0 Å². The Morgan fingerprint density at radius 1 is 1.27 bits per heavy atom. The van der Waals surface area contributed by atoms with Gasteiger partial charge < -0.3 is 10.2 Å². The van der Waals surface area contributed by atoms with Crippen molar-refractivity contribution in [3.8, 4) is 0 Å². The predicted octanol–water partition coefficient (Wildman–Crippen LogP) is 3.27. The van der Waals surface area contributed by atoms with E-state index in [1.165, 1.54) is 5.56 Å². The van der Waals surface area contributed by atoms with Gasteiger partial charge in [0.05, 0.1) is 17.0 Å². The lowest BCUT2D eigenvalue weighted by atomic mass is 9.99. The summed E-state index contributed by atoms with van der Waals surface area (Å²) in [5.41, 5.74) is 1.36. The summed E-state index contributed by atoms with van der Waals surface area (Å²) in [7, 11) is -3.14. The van der Waals surface area contributed by atoms with E-state index >= 15 is 0 Å². The fraction of sp³-hybridized carbons (Fsp3) is 0.632. The first kappa shape index (κ1) is 23.2. The average Bonchev–Trinajstić information content (AvgIpc) is 3.03. The maximum atomic E-state index is 12.2. The smallest absolute Gasteiger partial charge is 0.193 e. The van der Waals surface area contributed by atoms with Crippen LogP contribution in [-0.2, 0) is 9.84 Å². The molecule has 1 unspecified atom stereocenters. The lowest BCUT2D eigenvalue weighted by Crippen LogP contribution is -2.40. The highest BCUT2D eigenvalue weighted by atomic mass is 127. The number of aliphatic imine (C=N–C) groups is 1. The van der Waals surface area contributed by atoms with Gasteiger partial charge in [0.25, 0.3) is 0 Å². The van der Waals surface area contributed by atoms with Crippen molar-refractivity contribution >= 4 is 39.8 Å². The minimum atomic E-state index is -3.14. The topological polar surface area (TPSA) is 61.8 Å². The summed E-state index contributed by atoms with van der Waals surface area (Å²) in [5, 5.41) is 3.30. The Hall–Kier alpha value is -0.830. The van der Waals surface area contributed by atoms with Crippen LogP contribution < -0.4 is 5.32 Å². The molecule has 0 radical (unpaired) electrons. The maximum Gasteiger partial charge on any atom is 0.193 e. The summed E-state index contributed by atoms with van der Waals surface area (Å²) < 4.78 is 23.8. The summed E-state index contributed by atoms with van der Waals surface area (Å²) in [6, 6.07) is 10.5. The average molecular weight is 493 g/mol. The highest BCUT2D eigenvalue weighted by Crippen LogP contribution is 2.26. The maximum absolute atomic E-state index is 12.2. The molecular weight excluding hydrogens is 461 g/mol. The van der Waals surface area contributed by atoms with Crippen LogP contribution in [0.2, 0.25) is 0 Å². The van der Waals surface area contributed by atoms with Crippen LogP contribution in [0, 0.1) is 0 Å². The molecular formula is C19H32IN3O2S. The fourth-order valence-corrected chi connectivity index (χ4v) is 3.90. The first-order valence-corrected chi connectivity index (χ1v) is 10.7. The van der Waals surface area contributed by atoms with Crippen LogP contribution in [0.5, 0.6) is 0 Å². The molecule has 1 fully saturated rings. The Morgan fingerprint density at radius 2 is 1.92 bits per heavy atom. The van der Waals surface area contributed by atoms with Gasteiger partial charge in [0, 0.05) is 25.6 Å². The van der Waals surface area contributed by atoms with Gasteiger partial charge in [-0.2, -0.15) is 0 Å². The van der Waals surface area contributed by atoms with Crippen molar-refractivity contribution in [2.24, 2.45) is 4.99 Å². The van der Waals surface area contributed by atoms with Crippen LogP contribution in [0.1, 0.15) is 45.6 Å². The minimum Gasteiger partial charge on any atom is -0.357 e. The van der Waals surface area contributed by atoms with Crippen LogP contribution in [0.3, 0.4) is 0 Å². The second-order valence-electron chi connectivity index (χ2n) is 7.51. The van der Waals surface area contributed by atoms with E-state index in [9.17, 15) is 8.42 Å². The number of benzene rings is 1. The van der Waals surface area contributed by atoms with Gasteiger partial charge in [-0.05, 0) is 39.7 Å². The zero-order valence-electron chi connectivity index (χ0n) is 16.2. The van der Waals surface area contributed by atoms with Crippen molar-refractivity contribution in [3.05, 3.63) is 35.9 Å². The van der Waals surface area contributed by atoms with Gasteiger partial charge in [0.2, 0.25) is 0 Å². The third-order valence-corrected chi connectivity index (χ3v) is 7.23. The number of halogens is 1. The molecule has 0 aliphatic carbocycles. The highest BCUT2D eigenvalue weighted by molar-refractivity contribution is 14.0. The summed E-state index contributed by atoms with van der Waals surface area (Å²) in [6.45, 7) is 10.2. The summed E-state index contributed by atoms with van der Waals surface area (Å²) in [4.78, 5) is 6.82. The number of sulfone groups is 1. The van der Waals surface area contributed by atoms with Gasteiger partial charge in [-0.3, -0.25) is 4.99 Å². The zero-order chi connectivity index (χ0) is 18.5. The van der Waals surface area contributed by atoms with Gasteiger partial charge in [0.1, 0.15) is 0 Å². The number of hydrogen-bond donors (Lipinski definition) is 1. The fourth-order valence-electron chi connectivity index (χ4n) is 2.95. The molecule has 0 saturated carbocycles. The molecule has 0 amide bonds. The molecule has 1 atom stereocenters. The van der Waals surface area contributed by atoms with Crippen molar-refractivity contribution in [2.45, 2.75) is 44.8 Å². The van der Waals surface area contributed by atoms with E-state index in [2.05, 4.69) is 39.5 Å². The van der Waals surface area contributed by atoms with E-state index in [1.54, 1.807) is 20.8 Å². The van der Waals surface area contributed by atoms with Crippen molar-refractivity contribution in [1.82, 2.24) is 10.2 Å². The molecule has 26 heavy (non-hydrogen) atoms. The standard InChI is InChI=1S/C19H31N3O2S.HI/c1-5-20-18(21-12-14-25(23,24)19(2,3)4)22-13-11-17(15-22)16-9-7-6-8-10-16;/h6-10,17H,5,11-15H2,1-4H3,(H,20,21);1H.